The van der Waals surface area contributed by atoms with Gasteiger partial charge in [0, 0.05) is 30.9 Å². The van der Waals surface area contributed by atoms with E-state index in [-0.39, 0.29) is 0 Å². The van der Waals surface area contributed by atoms with Crippen LogP contribution in [0.15, 0.2) is 36.4 Å². The second-order valence-electron chi connectivity index (χ2n) is 5.47. The third kappa shape index (κ3) is 3.40. The smallest absolute Gasteiger partial charge is 0.131 e. The Balaban J connectivity index is 1.82. The van der Waals surface area contributed by atoms with Crippen LogP contribution < -0.4 is 5.73 Å². The number of pyridine rings is 1. The Kier molecular flexibility index (Phi) is 4.18. The van der Waals surface area contributed by atoms with Crippen molar-refractivity contribution in [1.82, 2.24) is 9.88 Å². The molecule has 2 N–H and O–H groups in total. The highest BCUT2D eigenvalue weighted by Crippen LogP contribution is 2.25. The minimum Gasteiger partial charge on any atom is -0.383 e. The lowest BCUT2D eigenvalue weighted by Crippen LogP contribution is -2.35. The zero-order valence-corrected chi connectivity index (χ0v) is 12.4. The van der Waals surface area contributed by atoms with Crippen LogP contribution in [0.3, 0.4) is 0 Å². The second kappa shape index (κ2) is 6.24. The number of rotatable bonds is 3. The van der Waals surface area contributed by atoms with Gasteiger partial charge in [0.1, 0.15) is 5.82 Å². The molecule has 2 heterocycles. The summed E-state index contributed by atoms with van der Waals surface area (Å²) in [6.45, 7) is 6.56. The highest BCUT2D eigenvalue weighted by atomic mass is 16.5. The van der Waals surface area contributed by atoms with Gasteiger partial charge in [-0.1, -0.05) is 18.2 Å². The molecule has 1 aliphatic heterocycles. The van der Waals surface area contributed by atoms with Crippen LogP contribution in [0.1, 0.15) is 11.3 Å². The summed E-state index contributed by atoms with van der Waals surface area (Å²) in [4.78, 5) is 6.76. The molecule has 21 heavy (non-hydrogen) atoms. The molecule has 1 aromatic carbocycles. The van der Waals surface area contributed by atoms with E-state index < -0.39 is 0 Å². The van der Waals surface area contributed by atoms with Gasteiger partial charge in [0.15, 0.2) is 0 Å². The molecule has 3 rings (SSSR count). The fraction of sp³-hybridized carbons (Fsp3) is 0.353. The fourth-order valence-corrected chi connectivity index (χ4v) is 2.68. The summed E-state index contributed by atoms with van der Waals surface area (Å²) in [5.74, 6) is 0.596. The Labute approximate surface area is 125 Å². The molecule has 2 aromatic rings. The van der Waals surface area contributed by atoms with Crippen LogP contribution >= 0.6 is 0 Å². The molecule has 0 unspecified atom stereocenters. The highest BCUT2D eigenvalue weighted by Gasteiger charge is 2.11. The number of nitrogens with zero attached hydrogens (tertiary/aromatic N) is 2. The maximum Gasteiger partial charge on any atom is 0.131 e. The third-order valence-electron chi connectivity index (χ3n) is 3.81. The van der Waals surface area contributed by atoms with Gasteiger partial charge in [-0.25, -0.2) is 4.98 Å². The van der Waals surface area contributed by atoms with Crippen molar-refractivity contribution in [2.24, 2.45) is 0 Å². The van der Waals surface area contributed by atoms with Crippen molar-refractivity contribution in [1.29, 1.82) is 0 Å². The zero-order chi connectivity index (χ0) is 14.7. The molecule has 1 fully saturated rings. The molecule has 0 radical (unpaired) electrons. The van der Waals surface area contributed by atoms with Crippen molar-refractivity contribution >= 4 is 5.82 Å². The lowest BCUT2D eigenvalue weighted by molar-refractivity contribution is 0.0342. The van der Waals surface area contributed by atoms with Crippen LogP contribution in [0.25, 0.3) is 11.1 Å². The number of nitrogens with two attached hydrogens (primary N) is 1. The summed E-state index contributed by atoms with van der Waals surface area (Å²) in [7, 11) is 0. The minimum absolute atomic E-state index is 0.596. The van der Waals surface area contributed by atoms with Gasteiger partial charge in [-0.15, -0.1) is 0 Å². The van der Waals surface area contributed by atoms with Crippen LogP contribution in [0.4, 0.5) is 5.82 Å². The first kappa shape index (κ1) is 14.0. The van der Waals surface area contributed by atoms with Gasteiger partial charge >= 0.3 is 0 Å². The normalized spacial score (nSPS) is 16.0. The Morgan fingerprint density at radius 1 is 1.19 bits per heavy atom. The first-order chi connectivity index (χ1) is 10.2. The van der Waals surface area contributed by atoms with Gasteiger partial charge in [-0.3, -0.25) is 4.90 Å². The van der Waals surface area contributed by atoms with Crippen LogP contribution in [-0.4, -0.2) is 36.2 Å². The standard InChI is InChI=1S/C17H21N3O/c1-13-5-6-16(17(18)19-13)15-4-2-3-14(11-15)12-20-7-9-21-10-8-20/h2-6,11H,7-10,12H2,1H3,(H2,18,19). The number of aromatic nitrogens is 1. The van der Waals surface area contributed by atoms with Crippen LogP contribution in [0.2, 0.25) is 0 Å². The van der Waals surface area contributed by atoms with Crippen LogP contribution in [0.5, 0.6) is 0 Å². The van der Waals surface area contributed by atoms with E-state index in [1.54, 1.807) is 0 Å². The SMILES string of the molecule is Cc1ccc(-c2cccc(CN3CCOCC3)c2)c(N)n1. The molecule has 0 saturated carbocycles. The molecule has 1 aliphatic rings. The molecule has 1 saturated heterocycles. The van der Waals surface area contributed by atoms with Crippen LogP contribution in [-0.2, 0) is 11.3 Å². The molecule has 4 nitrogen and oxygen atoms in total. The average molecular weight is 283 g/mol. The molecular weight excluding hydrogens is 262 g/mol. The molecule has 1 aromatic heterocycles. The fourth-order valence-electron chi connectivity index (χ4n) is 2.68. The van der Waals surface area contributed by atoms with E-state index in [1.807, 2.05) is 19.1 Å². The van der Waals surface area contributed by atoms with Crippen molar-refractivity contribution in [3.8, 4) is 11.1 Å². The maximum atomic E-state index is 6.05. The number of hydrogen-bond acceptors (Lipinski definition) is 4. The molecular formula is C17H21N3O. The summed E-state index contributed by atoms with van der Waals surface area (Å²) in [6, 6.07) is 12.6. The second-order valence-corrected chi connectivity index (χ2v) is 5.47. The van der Waals surface area contributed by atoms with Crippen molar-refractivity contribution in [2.45, 2.75) is 13.5 Å². The highest BCUT2D eigenvalue weighted by molar-refractivity contribution is 5.74. The average Bonchev–Trinajstić information content (AvgIpc) is 2.48. The van der Waals surface area contributed by atoms with E-state index in [0.29, 0.717) is 5.82 Å². The molecule has 110 valence electrons. The van der Waals surface area contributed by atoms with Crippen molar-refractivity contribution in [2.75, 3.05) is 32.0 Å². The molecule has 0 aliphatic carbocycles. The molecule has 0 bridgehead atoms. The Morgan fingerprint density at radius 2 is 2.00 bits per heavy atom. The number of anilines is 1. The number of benzene rings is 1. The first-order valence-corrected chi connectivity index (χ1v) is 7.35. The topological polar surface area (TPSA) is 51.4 Å². The lowest BCUT2D eigenvalue weighted by Gasteiger charge is -2.26. The maximum absolute atomic E-state index is 6.05. The Hall–Kier alpha value is -1.91. The number of ether oxygens (including phenoxy) is 1. The predicted molar refractivity (Wildman–Crippen MR) is 84.9 cm³/mol. The number of morpholine rings is 1. The number of nitrogen functional groups attached to an aromatic ring is 1. The predicted octanol–water partition coefficient (Wildman–Crippen LogP) is 2.47. The van der Waals surface area contributed by atoms with E-state index in [2.05, 4.69) is 34.1 Å². The summed E-state index contributed by atoms with van der Waals surface area (Å²) < 4.78 is 5.39. The van der Waals surface area contributed by atoms with E-state index in [9.17, 15) is 0 Å². The Morgan fingerprint density at radius 3 is 2.76 bits per heavy atom. The summed E-state index contributed by atoms with van der Waals surface area (Å²) >= 11 is 0. The van der Waals surface area contributed by atoms with Gasteiger partial charge in [-0.05, 0) is 36.2 Å². The third-order valence-corrected chi connectivity index (χ3v) is 3.81. The lowest BCUT2D eigenvalue weighted by atomic mass is 10.0. The number of hydrogen-bond donors (Lipinski definition) is 1. The molecule has 4 heteroatoms. The number of aryl methyl sites for hydroxylation is 1. The van der Waals surface area contributed by atoms with Crippen molar-refractivity contribution in [3.05, 3.63) is 47.7 Å². The van der Waals surface area contributed by atoms with Gasteiger partial charge < -0.3 is 10.5 Å². The molecule has 0 atom stereocenters. The van der Waals surface area contributed by atoms with Gasteiger partial charge in [0.25, 0.3) is 0 Å². The molecule has 0 amide bonds. The summed E-state index contributed by atoms with van der Waals surface area (Å²) in [5.41, 5.74) is 10.4. The van der Waals surface area contributed by atoms with E-state index in [1.165, 1.54) is 5.56 Å². The van der Waals surface area contributed by atoms with Gasteiger partial charge in [0.2, 0.25) is 0 Å². The van der Waals surface area contributed by atoms with E-state index in [0.717, 1.165) is 49.7 Å². The van der Waals surface area contributed by atoms with Gasteiger partial charge in [0.05, 0.1) is 13.2 Å². The van der Waals surface area contributed by atoms with Gasteiger partial charge in [-0.2, -0.15) is 0 Å². The van der Waals surface area contributed by atoms with Crippen molar-refractivity contribution < 1.29 is 4.74 Å². The first-order valence-electron chi connectivity index (χ1n) is 7.35. The van der Waals surface area contributed by atoms with E-state index >= 15 is 0 Å². The molecule has 0 spiro atoms. The van der Waals surface area contributed by atoms with Crippen LogP contribution in [0, 0.1) is 6.92 Å². The quantitative estimate of drug-likeness (QED) is 0.940. The summed E-state index contributed by atoms with van der Waals surface area (Å²) in [6.07, 6.45) is 0. The monoisotopic (exact) mass is 283 g/mol. The Bertz CT molecular complexity index is 621. The van der Waals surface area contributed by atoms with Crippen molar-refractivity contribution in [3.63, 3.8) is 0 Å². The summed E-state index contributed by atoms with van der Waals surface area (Å²) in [5, 5.41) is 0. The largest absolute Gasteiger partial charge is 0.383 e. The zero-order valence-electron chi connectivity index (χ0n) is 12.4. The minimum atomic E-state index is 0.596. The van der Waals surface area contributed by atoms with E-state index in [4.69, 9.17) is 10.5 Å².